The van der Waals surface area contributed by atoms with Crippen molar-refractivity contribution in [2.75, 3.05) is 6.61 Å². The van der Waals surface area contributed by atoms with Crippen LogP contribution in [0.3, 0.4) is 0 Å². The van der Waals surface area contributed by atoms with Crippen molar-refractivity contribution in [3.63, 3.8) is 0 Å². The zero-order chi connectivity index (χ0) is 11.9. The first kappa shape index (κ1) is 14.0. The van der Waals surface area contributed by atoms with Gasteiger partial charge in [0.15, 0.2) is 0 Å². The second-order valence-corrected chi connectivity index (χ2v) is 5.44. The van der Waals surface area contributed by atoms with Gasteiger partial charge in [-0.2, -0.15) is 0 Å². The molecule has 1 nitrogen and oxygen atoms in total. The first-order valence-corrected chi connectivity index (χ1v) is 7.40. The molecule has 0 heterocycles. The average Bonchev–Trinajstić information content (AvgIpc) is 2.26. The van der Waals surface area contributed by atoms with Crippen molar-refractivity contribution < 1.29 is 4.74 Å². The lowest BCUT2D eigenvalue weighted by Gasteiger charge is -2.41. The molecular weight excluding hydrogens is 196 g/mol. The van der Waals surface area contributed by atoms with Crippen molar-refractivity contribution >= 4 is 0 Å². The van der Waals surface area contributed by atoms with Gasteiger partial charge in [-0.05, 0) is 38.0 Å². The molecule has 1 unspecified atom stereocenters. The fourth-order valence-electron chi connectivity index (χ4n) is 2.66. The lowest BCUT2D eigenvalue weighted by atomic mass is 9.78. The van der Waals surface area contributed by atoms with E-state index in [4.69, 9.17) is 4.74 Å². The lowest BCUT2D eigenvalue weighted by molar-refractivity contribution is -0.105. The highest BCUT2D eigenvalue weighted by Crippen LogP contribution is 2.38. The molecule has 1 heteroatoms. The fourth-order valence-corrected chi connectivity index (χ4v) is 2.66. The van der Waals surface area contributed by atoms with Crippen LogP contribution in [0.15, 0.2) is 0 Å². The van der Waals surface area contributed by atoms with Gasteiger partial charge in [-0.15, -0.1) is 0 Å². The van der Waals surface area contributed by atoms with Gasteiger partial charge in [-0.3, -0.25) is 0 Å². The molecule has 0 aliphatic heterocycles. The van der Waals surface area contributed by atoms with Crippen LogP contribution < -0.4 is 0 Å². The standard InChI is InChI=1S/C15H30O/c1-4-7-9-14(5-2)10-13-16-15(6-3)11-8-12-15/h14H,4-13H2,1-3H3. The summed E-state index contributed by atoms with van der Waals surface area (Å²) in [4.78, 5) is 0. The van der Waals surface area contributed by atoms with Crippen LogP contribution in [0.5, 0.6) is 0 Å². The van der Waals surface area contributed by atoms with Crippen LogP contribution in [0.25, 0.3) is 0 Å². The van der Waals surface area contributed by atoms with Crippen LogP contribution in [0, 0.1) is 5.92 Å². The van der Waals surface area contributed by atoms with E-state index >= 15 is 0 Å². The van der Waals surface area contributed by atoms with Crippen molar-refractivity contribution in [2.45, 2.75) is 84.2 Å². The van der Waals surface area contributed by atoms with Crippen molar-refractivity contribution in [1.82, 2.24) is 0 Å². The molecule has 0 aromatic carbocycles. The summed E-state index contributed by atoms with van der Waals surface area (Å²) in [5.74, 6) is 0.897. The third-order valence-electron chi connectivity index (χ3n) is 4.39. The Morgan fingerprint density at radius 1 is 1.12 bits per heavy atom. The van der Waals surface area contributed by atoms with Crippen LogP contribution in [0.2, 0.25) is 0 Å². The Morgan fingerprint density at radius 3 is 2.31 bits per heavy atom. The predicted molar refractivity (Wildman–Crippen MR) is 70.7 cm³/mol. The predicted octanol–water partition coefficient (Wildman–Crippen LogP) is 4.94. The Balaban J connectivity index is 2.12. The fraction of sp³-hybridized carbons (Fsp3) is 1.00. The molecule has 0 amide bonds. The zero-order valence-corrected chi connectivity index (χ0v) is 11.6. The third-order valence-corrected chi connectivity index (χ3v) is 4.39. The summed E-state index contributed by atoms with van der Waals surface area (Å²) < 4.78 is 6.13. The first-order valence-electron chi connectivity index (χ1n) is 7.40. The summed E-state index contributed by atoms with van der Waals surface area (Å²) >= 11 is 0. The minimum absolute atomic E-state index is 0.295. The molecular formula is C15H30O. The SMILES string of the molecule is CCCCC(CC)CCOC1(CC)CCC1. The minimum Gasteiger partial charge on any atom is -0.375 e. The van der Waals surface area contributed by atoms with Crippen molar-refractivity contribution in [2.24, 2.45) is 5.92 Å². The van der Waals surface area contributed by atoms with Crippen LogP contribution in [-0.2, 0) is 4.74 Å². The molecule has 0 aromatic rings. The molecule has 1 aliphatic carbocycles. The molecule has 1 rings (SSSR count). The lowest BCUT2D eigenvalue weighted by Crippen LogP contribution is -2.39. The summed E-state index contributed by atoms with van der Waals surface area (Å²) in [6.07, 6.45) is 11.9. The van der Waals surface area contributed by atoms with Gasteiger partial charge in [0.1, 0.15) is 0 Å². The second kappa shape index (κ2) is 7.32. The quantitative estimate of drug-likeness (QED) is 0.541. The van der Waals surface area contributed by atoms with E-state index < -0.39 is 0 Å². The normalized spacial score (nSPS) is 20.4. The van der Waals surface area contributed by atoms with Gasteiger partial charge in [0.25, 0.3) is 0 Å². The molecule has 16 heavy (non-hydrogen) atoms. The van der Waals surface area contributed by atoms with Crippen molar-refractivity contribution in [3.05, 3.63) is 0 Å². The van der Waals surface area contributed by atoms with Gasteiger partial charge in [-0.25, -0.2) is 0 Å². The molecule has 1 saturated carbocycles. The zero-order valence-electron chi connectivity index (χ0n) is 11.6. The Hall–Kier alpha value is -0.0400. The van der Waals surface area contributed by atoms with Crippen LogP contribution in [0.1, 0.15) is 78.6 Å². The monoisotopic (exact) mass is 226 g/mol. The Morgan fingerprint density at radius 2 is 1.88 bits per heavy atom. The molecule has 96 valence electrons. The van der Waals surface area contributed by atoms with Gasteiger partial charge in [-0.1, -0.05) is 46.5 Å². The van der Waals surface area contributed by atoms with E-state index in [1.165, 1.54) is 57.8 Å². The highest BCUT2D eigenvalue weighted by atomic mass is 16.5. The first-order chi connectivity index (χ1) is 7.76. The molecule has 0 spiro atoms. The number of hydrogen-bond acceptors (Lipinski definition) is 1. The molecule has 0 saturated heterocycles. The third kappa shape index (κ3) is 4.08. The van der Waals surface area contributed by atoms with E-state index in [1.807, 2.05) is 0 Å². The number of ether oxygens (including phenoxy) is 1. The Bertz CT molecular complexity index is 167. The highest BCUT2D eigenvalue weighted by Gasteiger charge is 2.35. The van der Waals surface area contributed by atoms with Crippen LogP contribution in [-0.4, -0.2) is 12.2 Å². The molecule has 1 atom stereocenters. The van der Waals surface area contributed by atoms with E-state index in [0.717, 1.165) is 12.5 Å². The molecule has 0 radical (unpaired) electrons. The van der Waals surface area contributed by atoms with E-state index in [0.29, 0.717) is 5.60 Å². The van der Waals surface area contributed by atoms with Crippen molar-refractivity contribution in [1.29, 1.82) is 0 Å². The summed E-state index contributed by atoms with van der Waals surface area (Å²) in [5.41, 5.74) is 0.295. The van der Waals surface area contributed by atoms with Crippen LogP contribution in [0.4, 0.5) is 0 Å². The maximum absolute atomic E-state index is 6.13. The summed E-state index contributed by atoms with van der Waals surface area (Å²) in [7, 11) is 0. The van der Waals surface area contributed by atoms with Gasteiger partial charge >= 0.3 is 0 Å². The highest BCUT2D eigenvalue weighted by molar-refractivity contribution is 4.88. The molecule has 1 fully saturated rings. The Labute approximate surface area is 102 Å². The van der Waals surface area contributed by atoms with Crippen molar-refractivity contribution in [3.8, 4) is 0 Å². The van der Waals surface area contributed by atoms with E-state index in [9.17, 15) is 0 Å². The number of hydrogen-bond donors (Lipinski definition) is 0. The smallest absolute Gasteiger partial charge is 0.0680 e. The molecule has 0 bridgehead atoms. The van der Waals surface area contributed by atoms with Gasteiger partial charge in [0.05, 0.1) is 5.60 Å². The summed E-state index contributed by atoms with van der Waals surface area (Å²) in [5, 5.41) is 0. The van der Waals surface area contributed by atoms with E-state index in [2.05, 4.69) is 20.8 Å². The second-order valence-electron chi connectivity index (χ2n) is 5.44. The van der Waals surface area contributed by atoms with Gasteiger partial charge in [0, 0.05) is 6.61 Å². The maximum Gasteiger partial charge on any atom is 0.0680 e. The average molecular weight is 226 g/mol. The largest absolute Gasteiger partial charge is 0.375 e. The van der Waals surface area contributed by atoms with Crippen LogP contribution >= 0.6 is 0 Å². The van der Waals surface area contributed by atoms with E-state index in [-0.39, 0.29) is 0 Å². The Kier molecular flexibility index (Phi) is 6.41. The van der Waals surface area contributed by atoms with Gasteiger partial charge in [0.2, 0.25) is 0 Å². The molecule has 0 aromatic heterocycles. The van der Waals surface area contributed by atoms with Gasteiger partial charge < -0.3 is 4.74 Å². The number of unbranched alkanes of at least 4 members (excludes halogenated alkanes) is 1. The molecule has 1 aliphatic rings. The number of rotatable bonds is 9. The minimum atomic E-state index is 0.295. The summed E-state index contributed by atoms with van der Waals surface area (Å²) in [6, 6.07) is 0. The summed E-state index contributed by atoms with van der Waals surface area (Å²) in [6.45, 7) is 7.87. The van der Waals surface area contributed by atoms with E-state index in [1.54, 1.807) is 0 Å². The maximum atomic E-state index is 6.13. The topological polar surface area (TPSA) is 9.23 Å². The molecule has 0 N–H and O–H groups in total.